The second-order valence-corrected chi connectivity index (χ2v) is 26.8. The Morgan fingerprint density at radius 1 is 0.766 bits per heavy atom. The van der Waals surface area contributed by atoms with Gasteiger partial charge in [-0.1, -0.05) is 12.1 Å². The smallest absolute Gasteiger partial charge is 0.317 e. The molecular formula is C64H87F2IN12O14S. The number of rotatable bonds is 32. The summed E-state index contributed by atoms with van der Waals surface area (Å²) >= 11 is 3.47. The summed E-state index contributed by atoms with van der Waals surface area (Å²) in [6.45, 7) is 0.682. The van der Waals surface area contributed by atoms with E-state index in [0.717, 1.165) is 31.8 Å². The second-order valence-electron chi connectivity index (χ2n) is 24.3. The van der Waals surface area contributed by atoms with Crippen LogP contribution < -0.4 is 20.7 Å². The molecular weight excluding hydrogens is 1360 g/mol. The van der Waals surface area contributed by atoms with Crippen molar-refractivity contribution in [3.8, 4) is 5.75 Å². The zero-order valence-corrected chi connectivity index (χ0v) is 56.1. The van der Waals surface area contributed by atoms with Gasteiger partial charge in [0.2, 0.25) is 35.4 Å². The maximum Gasteiger partial charge on any atom is 0.317 e. The van der Waals surface area contributed by atoms with E-state index in [9.17, 15) is 72.0 Å². The first-order valence-electron chi connectivity index (χ1n) is 32.0. The molecule has 7 rings (SSSR count). The van der Waals surface area contributed by atoms with Gasteiger partial charge in [-0.15, -0.1) is 11.8 Å². The molecule has 3 atom stereocenters. The predicted octanol–water partition coefficient (Wildman–Crippen LogP) is 3.03. The Labute approximate surface area is 563 Å². The van der Waals surface area contributed by atoms with Crippen molar-refractivity contribution < 1.29 is 76.8 Å². The van der Waals surface area contributed by atoms with Gasteiger partial charge < -0.3 is 45.8 Å². The van der Waals surface area contributed by atoms with Crippen LogP contribution in [-0.2, 0) is 49.6 Å². The topological polar surface area (TPSA) is 325 Å². The van der Waals surface area contributed by atoms with Crippen molar-refractivity contribution in [2.75, 3.05) is 137 Å². The number of ether oxygens (including phenoxy) is 1. The zero-order chi connectivity index (χ0) is 67.7. The maximum absolute atomic E-state index is 14.2. The van der Waals surface area contributed by atoms with Gasteiger partial charge >= 0.3 is 17.9 Å². The fourth-order valence-corrected chi connectivity index (χ4v) is 13.6. The average Bonchev–Trinajstić information content (AvgIpc) is 1.24. The van der Waals surface area contributed by atoms with Crippen LogP contribution in [0.2, 0.25) is 0 Å². The normalized spacial score (nSPS) is 19.4. The Morgan fingerprint density at radius 2 is 1.39 bits per heavy atom. The molecule has 0 saturated carbocycles. The first-order chi connectivity index (χ1) is 45.0. The number of alkyl halides is 2. The first-order valence-corrected chi connectivity index (χ1v) is 34.1. The molecule has 0 radical (unpaired) electrons. The van der Waals surface area contributed by atoms with Gasteiger partial charge in [-0.2, -0.15) is 0 Å². The van der Waals surface area contributed by atoms with Crippen LogP contribution in [0.4, 0.5) is 8.78 Å². The number of aliphatic carboxylic acids is 3. The summed E-state index contributed by atoms with van der Waals surface area (Å²) in [4.78, 5) is 148. The van der Waals surface area contributed by atoms with Crippen molar-refractivity contribution in [1.82, 2.24) is 55.2 Å². The van der Waals surface area contributed by atoms with Crippen LogP contribution in [0.25, 0.3) is 10.9 Å². The van der Waals surface area contributed by atoms with Gasteiger partial charge in [0.15, 0.2) is 0 Å². The van der Waals surface area contributed by atoms with Gasteiger partial charge in [0.25, 0.3) is 11.8 Å². The Balaban J connectivity index is 0.878. The van der Waals surface area contributed by atoms with Crippen LogP contribution in [0.5, 0.6) is 5.75 Å². The molecule has 0 spiro atoms. The molecule has 0 aliphatic carbocycles. The van der Waals surface area contributed by atoms with E-state index < -0.39 is 90.8 Å². The quantitative estimate of drug-likeness (QED) is 0.0226. The Bertz CT molecular complexity index is 3120. The largest absolute Gasteiger partial charge is 0.494 e. The predicted molar refractivity (Wildman–Crippen MR) is 355 cm³/mol. The summed E-state index contributed by atoms with van der Waals surface area (Å²) < 4.78 is 35.5. The molecule has 3 aromatic rings. The fraction of sp³-hybridized carbons (Fsp3) is 0.594. The van der Waals surface area contributed by atoms with Crippen molar-refractivity contribution >= 4 is 111 Å². The summed E-state index contributed by atoms with van der Waals surface area (Å²) in [5.41, 5.74) is 1.89. The minimum absolute atomic E-state index is 0.0676. The number of hydrogen-bond donors (Lipinski definition) is 6. The van der Waals surface area contributed by atoms with E-state index in [1.165, 1.54) is 37.3 Å². The molecule has 4 fully saturated rings. The van der Waals surface area contributed by atoms with Crippen molar-refractivity contribution in [1.29, 1.82) is 0 Å². The highest BCUT2D eigenvalue weighted by atomic mass is 127. The van der Waals surface area contributed by atoms with Crippen LogP contribution in [0.15, 0.2) is 59.7 Å². The monoisotopic (exact) mass is 1440 g/mol. The van der Waals surface area contributed by atoms with E-state index in [-0.39, 0.29) is 120 Å². The number of aryl methyl sites for hydroxylation is 1. The molecule has 1 aromatic heterocycles. The molecule has 2 unspecified atom stereocenters. The maximum atomic E-state index is 14.2. The number of carboxylic acid groups (broad SMARTS) is 3. The molecule has 7 amide bonds. The number of nitrogens with zero attached hydrogens (tertiary/aromatic N) is 9. The summed E-state index contributed by atoms with van der Waals surface area (Å²) in [6, 6.07) is 13.4. The summed E-state index contributed by atoms with van der Waals surface area (Å²) in [6.07, 6.45) is 8.45. The highest BCUT2D eigenvalue weighted by Crippen LogP contribution is 2.32. The van der Waals surface area contributed by atoms with Crippen LogP contribution in [-0.4, -0.2) is 281 Å². The Hall–Kier alpha value is -7.00. The third-order valence-electron chi connectivity index (χ3n) is 17.1. The van der Waals surface area contributed by atoms with Crippen molar-refractivity contribution in [2.24, 2.45) is 10.9 Å². The summed E-state index contributed by atoms with van der Waals surface area (Å²) in [5, 5.41) is 37.3. The van der Waals surface area contributed by atoms with Gasteiger partial charge in [0.05, 0.1) is 68.2 Å². The molecule has 94 heavy (non-hydrogen) atoms. The van der Waals surface area contributed by atoms with Crippen molar-refractivity contribution in [2.45, 2.75) is 100 Å². The molecule has 5 heterocycles. The van der Waals surface area contributed by atoms with E-state index >= 15 is 0 Å². The molecule has 514 valence electrons. The number of piperidine rings is 1. The van der Waals surface area contributed by atoms with E-state index in [1.807, 2.05) is 29.2 Å². The molecule has 26 nitrogen and oxygen atoms in total. The Morgan fingerprint density at radius 3 is 2.01 bits per heavy atom. The fourth-order valence-electron chi connectivity index (χ4n) is 12.0. The molecule has 2 aromatic carbocycles. The van der Waals surface area contributed by atoms with E-state index in [1.54, 1.807) is 37.8 Å². The number of unbranched alkanes of at least 4 members (excludes halogenated alkanes) is 1. The van der Waals surface area contributed by atoms with Crippen LogP contribution >= 0.6 is 34.4 Å². The number of fused-ring (bicyclic) bond motifs is 1. The lowest BCUT2D eigenvalue weighted by Gasteiger charge is -2.33. The number of carbonyl (C=O) groups is 10. The second kappa shape index (κ2) is 37.3. The molecule has 30 heteroatoms. The number of halogens is 3. The van der Waals surface area contributed by atoms with Crippen molar-refractivity contribution in [3.05, 3.63) is 69.4 Å². The standard InChI is InChI=1S/C64H87F2IN12O14S/c1-68-35-48-34-64(65,66)43-79(48)57(83)36-71-62(91)50-16-20-69-52-15-14-49(32-51(50)52)93-31-5-7-45-17-21-77(22-18-45)58(84)38-78-56(82)33-53(63(78)92)94-42-47(8-2-3-19-70-54(80)9-4-6-44-10-12-46(67)13-11-44)72-55(81)37-73-23-25-74(39-59(85)86)27-29-76(41-61(89)90)30-28-75(26-24-73)40-60(87)88/h10-16,20,32,35,45,47-48,53H,2-9,17-19,21-31,33-34,36-43H2,1H3,(H,70,80)(H,71,91)(H,72,81)(H,85,86)(H,87,88)(H,89,90)/b68-35+/t47?,48-,53?/m1/s1. The molecule has 4 aliphatic heterocycles. The minimum Gasteiger partial charge on any atom is -0.494 e. The molecule has 4 saturated heterocycles. The SMILES string of the molecule is C/N=C/[C@H]1CC(F)(F)CN1C(=O)CNC(=O)c1ccnc2ccc(OCCCC3CCN(C(=O)CN4C(=O)CC(SCC(CCCCNC(=O)CCCc5ccc(I)cc5)NC(=O)CN5CCN(CC(=O)O)CCN(CC(=O)O)CCN(CC(=O)O)CC5)C4=O)CC3)cc12. The number of carbonyl (C=O) groups excluding carboxylic acids is 7. The first kappa shape index (κ1) is 74.4. The number of hydrogen-bond acceptors (Lipinski definition) is 18. The van der Waals surface area contributed by atoms with Crippen LogP contribution in [0.3, 0.4) is 0 Å². The number of imide groups is 1. The van der Waals surface area contributed by atoms with E-state index in [0.29, 0.717) is 94.3 Å². The molecule has 4 aliphatic rings. The van der Waals surface area contributed by atoms with E-state index in [4.69, 9.17) is 4.74 Å². The number of amides is 7. The lowest BCUT2D eigenvalue weighted by atomic mass is 9.92. The minimum atomic E-state index is -3.06. The number of aromatic nitrogens is 1. The highest BCUT2D eigenvalue weighted by Gasteiger charge is 2.46. The lowest BCUT2D eigenvalue weighted by molar-refractivity contribution is -0.146. The highest BCUT2D eigenvalue weighted by molar-refractivity contribution is 14.1. The van der Waals surface area contributed by atoms with Crippen LogP contribution in [0.1, 0.15) is 86.6 Å². The average molecular weight is 1450 g/mol. The van der Waals surface area contributed by atoms with E-state index in [2.05, 4.69) is 48.5 Å². The van der Waals surface area contributed by atoms with Gasteiger partial charge in [0.1, 0.15) is 12.3 Å². The number of carboxylic acids is 3. The molecule has 6 N–H and O–H groups in total. The van der Waals surface area contributed by atoms with Gasteiger partial charge in [-0.05, 0) is 128 Å². The Kier molecular flexibility index (Phi) is 29.6. The number of thioether (sulfide) groups is 1. The van der Waals surface area contributed by atoms with Crippen molar-refractivity contribution in [3.63, 3.8) is 0 Å². The third-order valence-corrected chi connectivity index (χ3v) is 19.2. The van der Waals surface area contributed by atoms with Gasteiger partial charge in [-0.3, -0.25) is 82.4 Å². The number of aliphatic imine (C=N–C) groups is 1. The van der Waals surface area contributed by atoms with Gasteiger partial charge in [0, 0.05) is 131 Å². The number of pyridine rings is 1. The number of benzene rings is 2. The zero-order valence-electron chi connectivity index (χ0n) is 53.1. The lowest BCUT2D eigenvalue weighted by Crippen LogP contribution is -2.50. The number of nitrogens with one attached hydrogen (secondary N) is 3. The van der Waals surface area contributed by atoms with Crippen LogP contribution in [0, 0.1) is 9.49 Å². The molecule has 0 bridgehead atoms. The van der Waals surface area contributed by atoms with Gasteiger partial charge in [-0.25, -0.2) is 8.78 Å². The summed E-state index contributed by atoms with van der Waals surface area (Å²) in [7, 11) is 1.44. The third kappa shape index (κ3) is 24.6. The summed E-state index contributed by atoms with van der Waals surface area (Å²) in [5.74, 6) is -8.25. The number of likely N-dealkylation sites (tertiary alicyclic amines) is 3.